The van der Waals surface area contributed by atoms with Crippen molar-refractivity contribution in [3.05, 3.63) is 84.2 Å². The van der Waals surface area contributed by atoms with Crippen molar-refractivity contribution in [3.8, 4) is 28.4 Å². The van der Waals surface area contributed by atoms with Gasteiger partial charge in [-0.1, -0.05) is 73.2 Å². The first-order valence-electron chi connectivity index (χ1n) is 10.7. The summed E-state index contributed by atoms with van der Waals surface area (Å²) in [5.41, 5.74) is 4.72. The average molecular weight is 458 g/mol. The third-order valence-electron chi connectivity index (χ3n) is 5.36. The summed E-state index contributed by atoms with van der Waals surface area (Å²) < 4.78 is 13.5. The Morgan fingerprint density at radius 2 is 1.79 bits per heavy atom. The lowest BCUT2D eigenvalue weighted by molar-refractivity contribution is 0.399. The highest BCUT2D eigenvalue weighted by Gasteiger charge is 2.22. The molecule has 0 aliphatic heterocycles. The van der Waals surface area contributed by atoms with Crippen molar-refractivity contribution in [1.82, 2.24) is 24.9 Å². The van der Waals surface area contributed by atoms with E-state index in [0.717, 1.165) is 22.0 Å². The predicted octanol–water partition coefficient (Wildman–Crippen LogP) is 6.30. The van der Waals surface area contributed by atoms with Gasteiger partial charge in [-0.15, -0.1) is 10.2 Å². The van der Waals surface area contributed by atoms with Crippen LogP contribution in [-0.2, 0) is 5.75 Å². The summed E-state index contributed by atoms with van der Waals surface area (Å²) in [6.45, 7) is 6.22. The first kappa shape index (κ1) is 21.2. The highest BCUT2D eigenvalue weighted by Crippen LogP contribution is 2.34. The van der Waals surface area contributed by atoms with Crippen molar-refractivity contribution in [2.75, 3.05) is 0 Å². The van der Waals surface area contributed by atoms with Gasteiger partial charge in [-0.2, -0.15) is 0 Å². The van der Waals surface area contributed by atoms with E-state index in [2.05, 4.69) is 63.0 Å². The first-order valence-corrected chi connectivity index (χ1v) is 11.7. The molecule has 2 aromatic carbocycles. The zero-order chi connectivity index (χ0) is 22.8. The Morgan fingerprint density at radius 1 is 1.00 bits per heavy atom. The van der Waals surface area contributed by atoms with Crippen LogP contribution >= 0.6 is 11.8 Å². The van der Waals surface area contributed by atoms with E-state index in [-0.39, 0.29) is 0 Å². The van der Waals surface area contributed by atoms with Crippen LogP contribution in [0.1, 0.15) is 37.0 Å². The van der Waals surface area contributed by atoms with Crippen LogP contribution in [-0.4, -0.2) is 24.9 Å². The van der Waals surface area contributed by atoms with Crippen LogP contribution in [0.3, 0.4) is 0 Å². The van der Waals surface area contributed by atoms with Crippen molar-refractivity contribution in [1.29, 1.82) is 0 Å². The lowest BCUT2D eigenvalue weighted by atomic mass is 10.0. The van der Waals surface area contributed by atoms with Crippen LogP contribution < -0.4 is 0 Å². The topological polar surface area (TPSA) is 82.8 Å². The normalized spacial score (nSPS) is 11.4. The molecule has 0 amide bonds. The second kappa shape index (κ2) is 9.07. The molecule has 0 atom stereocenters. The predicted molar refractivity (Wildman–Crippen MR) is 127 cm³/mol. The second-order valence-electron chi connectivity index (χ2n) is 7.94. The third-order valence-corrected chi connectivity index (χ3v) is 6.31. The zero-order valence-electron chi connectivity index (χ0n) is 18.6. The first-order chi connectivity index (χ1) is 16.1. The fourth-order valence-electron chi connectivity index (χ4n) is 3.57. The summed E-state index contributed by atoms with van der Waals surface area (Å²) in [4.78, 5) is 4.50. The summed E-state index contributed by atoms with van der Waals surface area (Å²) in [5, 5.41) is 13.6. The molecule has 0 spiro atoms. The fourth-order valence-corrected chi connectivity index (χ4v) is 4.38. The molecule has 0 radical (unpaired) electrons. The van der Waals surface area contributed by atoms with Crippen molar-refractivity contribution in [2.45, 2.75) is 37.6 Å². The van der Waals surface area contributed by atoms with Gasteiger partial charge in [0.05, 0.1) is 5.75 Å². The van der Waals surface area contributed by atoms with Crippen LogP contribution in [0.4, 0.5) is 0 Å². The molecule has 3 aromatic heterocycles. The summed E-state index contributed by atoms with van der Waals surface area (Å²) in [7, 11) is 0. The lowest BCUT2D eigenvalue weighted by Crippen LogP contribution is -1.96. The monoisotopic (exact) mass is 457 g/mol. The van der Waals surface area contributed by atoms with Crippen LogP contribution in [0.5, 0.6) is 0 Å². The van der Waals surface area contributed by atoms with Gasteiger partial charge in [-0.3, -0.25) is 4.57 Å². The number of imidazole rings is 1. The van der Waals surface area contributed by atoms with Gasteiger partial charge in [-0.25, -0.2) is 4.98 Å². The number of benzene rings is 2. The van der Waals surface area contributed by atoms with Crippen molar-refractivity contribution in [3.63, 3.8) is 0 Å². The maximum atomic E-state index is 5.98. The molecule has 3 heterocycles. The molecule has 166 valence electrons. The quantitative estimate of drug-likeness (QED) is 0.265. The Kier molecular flexibility index (Phi) is 5.83. The van der Waals surface area contributed by atoms with E-state index in [9.17, 15) is 0 Å². The van der Waals surface area contributed by atoms with E-state index in [1.807, 2.05) is 43.5 Å². The standard InChI is InChI=1S/C25H23N5O2S/c1-16(2)18-9-11-20(12-10-18)30-14-13-26-25(30)33-15-21-27-28-24(31-21)22-17(3)32-29-23(22)19-7-5-4-6-8-19/h4-14,16H,15H2,1-3H3. The minimum Gasteiger partial charge on any atom is -0.420 e. The molecule has 0 aliphatic rings. The minimum atomic E-state index is 0.399. The molecule has 5 rings (SSSR count). The van der Waals surface area contributed by atoms with Crippen molar-refractivity contribution < 1.29 is 8.94 Å². The molecule has 8 heteroatoms. The van der Waals surface area contributed by atoms with Gasteiger partial charge in [0.15, 0.2) is 5.16 Å². The Bertz CT molecular complexity index is 1350. The fraction of sp³-hybridized carbons (Fsp3) is 0.200. The third kappa shape index (κ3) is 4.34. The Labute approximate surface area is 195 Å². The van der Waals surface area contributed by atoms with Crippen LogP contribution in [0, 0.1) is 6.92 Å². The smallest absolute Gasteiger partial charge is 0.253 e. The van der Waals surface area contributed by atoms with E-state index in [1.165, 1.54) is 5.56 Å². The summed E-state index contributed by atoms with van der Waals surface area (Å²) in [6, 6.07) is 18.4. The van der Waals surface area contributed by atoms with Crippen LogP contribution in [0.25, 0.3) is 28.4 Å². The van der Waals surface area contributed by atoms with E-state index in [4.69, 9.17) is 8.94 Å². The molecule has 0 N–H and O–H groups in total. The maximum absolute atomic E-state index is 5.98. The number of nitrogens with zero attached hydrogens (tertiary/aromatic N) is 5. The van der Waals surface area contributed by atoms with Gasteiger partial charge in [-0.05, 0) is 30.5 Å². The number of aromatic nitrogens is 5. The molecule has 0 saturated carbocycles. The van der Waals surface area contributed by atoms with Gasteiger partial charge in [0.1, 0.15) is 17.0 Å². The molecule has 5 aromatic rings. The van der Waals surface area contributed by atoms with Crippen LogP contribution in [0.2, 0.25) is 0 Å². The summed E-state index contributed by atoms with van der Waals surface area (Å²) >= 11 is 1.54. The van der Waals surface area contributed by atoms with Crippen molar-refractivity contribution >= 4 is 11.8 Å². The van der Waals surface area contributed by atoms with Crippen LogP contribution in [0.15, 0.2) is 81.1 Å². The molecule has 0 saturated heterocycles. The van der Waals surface area contributed by atoms with Gasteiger partial charge in [0, 0.05) is 23.6 Å². The van der Waals surface area contributed by atoms with Gasteiger partial charge in [0.25, 0.3) is 5.89 Å². The average Bonchev–Trinajstić information content (AvgIpc) is 3.58. The van der Waals surface area contributed by atoms with Gasteiger partial charge >= 0.3 is 0 Å². The van der Waals surface area contributed by atoms with Gasteiger partial charge in [0.2, 0.25) is 5.89 Å². The number of hydrogen-bond acceptors (Lipinski definition) is 7. The molecule has 0 unspecified atom stereocenters. The Hall–Kier alpha value is -3.65. The SMILES string of the molecule is Cc1onc(-c2ccccc2)c1-c1nnc(CSc2nccn2-c2ccc(C(C)C)cc2)o1. The highest BCUT2D eigenvalue weighted by atomic mass is 32.2. The molecule has 0 bridgehead atoms. The highest BCUT2D eigenvalue weighted by molar-refractivity contribution is 7.98. The number of rotatable bonds is 7. The van der Waals surface area contributed by atoms with E-state index in [0.29, 0.717) is 34.9 Å². The van der Waals surface area contributed by atoms with E-state index < -0.39 is 0 Å². The molecule has 0 aliphatic carbocycles. The molecular formula is C25H23N5O2S. The molecule has 0 fully saturated rings. The summed E-state index contributed by atoms with van der Waals surface area (Å²) in [5.74, 6) is 2.55. The number of thioether (sulfide) groups is 1. The van der Waals surface area contributed by atoms with Crippen molar-refractivity contribution in [2.24, 2.45) is 0 Å². The largest absolute Gasteiger partial charge is 0.420 e. The van der Waals surface area contributed by atoms with E-state index >= 15 is 0 Å². The minimum absolute atomic E-state index is 0.399. The number of aryl methyl sites for hydroxylation is 1. The zero-order valence-corrected chi connectivity index (χ0v) is 19.4. The Morgan fingerprint density at radius 3 is 2.55 bits per heavy atom. The lowest BCUT2D eigenvalue weighted by Gasteiger charge is -2.09. The Balaban J connectivity index is 1.34. The number of hydrogen-bond donors (Lipinski definition) is 0. The maximum Gasteiger partial charge on any atom is 0.253 e. The molecule has 7 nitrogen and oxygen atoms in total. The van der Waals surface area contributed by atoms with Gasteiger partial charge < -0.3 is 8.94 Å². The second-order valence-corrected chi connectivity index (χ2v) is 8.89. The molecule has 33 heavy (non-hydrogen) atoms. The molecular weight excluding hydrogens is 434 g/mol. The van der Waals surface area contributed by atoms with E-state index in [1.54, 1.807) is 18.0 Å². The summed E-state index contributed by atoms with van der Waals surface area (Å²) in [6.07, 6.45) is 3.75.